The number of hydrogen-bond acceptors (Lipinski definition) is 5. The van der Waals surface area contributed by atoms with Gasteiger partial charge in [0.2, 0.25) is 5.91 Å². The molecule has 0 fully saturated rings. The van der Waals surface area contributed by atoms with Crippen molar-refractivity contribution >= 4 is 33.5 Å². The van der Waals surface area contributed by atoms with E-state index in [-0.39, 0.29) is 5.91 Å². The van der Waals surface area contributed by atoms with Gasteiger partial charge in [0.1, 0.15) is 16.5 Å². The smallest absolute Gasteiger partial charge is 0.244 e. The Morgan fingerprint density at radius 2 is 2.04 bits per heavy atom. The van der Waals surface area contributed by atoms with E-state index in [1.165, 1.54) is 6.08 Å². The number of aromatic nitrogens is 1. The fourth-order valence-electron chi connectivity index (χ4n) is 2.35. The summed E-state index contributed by atoms with van der Waals surface area (Å²) < 4.78 is 11.6. The zero-order valence-corrected chi connectivity index (χ0v) is 14.8. The number of thiazole rings is 1. The van der Waals surface area contributed by atoms with Crippen LogP contribution in [0.5, 0.6) is 11.5 Å². The lowest BCUT2D eigenvalue weighted by atomic mass is 10.2. The number of ether oxygens (including phenoxy) is 2. The van der Waals surface area contributed by atoms with Crippen molar-refractivity contribution in [1.29, 1.82) is 0 Å². The number of methoxy groups -OCH3 is 2. The summed E-state index contributed by atoms with van der Waals surface area (Å²) in [6.07, 6.45) is 3.22. The zero-order chi connectivity index (χ0) is 17.6. The van der Waals surface area contributed by atoms with E-state index in [1.54, 1.807) is 37.7 Å². The lowest BCUT2D eigenvalue weighted by molar-refractivity contribution is -0.116. The van der Waals surface area contributed by atoms with Gasteiger partial charge in [-0.25, -0.2) is 4.98 Å². The molecule has 1 amide bonds. The van der Waals surface area contributed by atoms with Crippen molar-refractivity contribution in [3.8, 4) is 11.5 Å². The molecule has 0 radical (unpaired) electrons. The molecule has 0 atom stereocenters. The number of carbonyl (C=O) groups is 1. The standard InChI is InChI=1S/C19H18N2O3S/c1-23-14-8-7-13(16(11-14)24-2)12-20-18(22)9-10-19-21-15-5-3-4-6-17(15)25-19/h3-11H,12H2,1-2H3,(H,20,22)/b10-9+. The van der Waals surface area contributed by atoms with Crippen LogP contribution in [-0.4, -0.2) is 25.1 Å². The minimum atomic E-state index is -0.183. The van der Waals surface area contributed by atoms with Crippen molar-refractivity contribution in [2.24, 2.45) is 0 Å². The van der Waals surface area contributed by atoms with E-state index >= 15 is 0 Å². The first kappa shape index (κ1) is 17.0. The van der Waals surface area contributed by atoms with E-state index in [4.69, 9.17) is 9.47 Å². The van der Waals surface area contributed by atoms with E-state index < -0.39 is 0 Å². The molecule has 0 bridgehead atoms. The number of hydrogen-bond donors (Lipinski definition) is 1. The summed E-state index contributed by atoms with van der Waals surface area (Å²) in [6.45, 7) is 0.371. The Kier molecular flexibility index (Phi) is 5.30. The molecular weight excluding hydrogens is 336 g/mol. The maximum absolute atomic E-state index is 12.0. The van der Waals surface area contributed by atoms with Gasteiger partial charge < -0.3 is 14.8 Å². The highest BCUT2D eigenvalue weighted by Gasteiger charge is 2.06. The Hall–Kier alpha value is -2.86. The van der Waals surface area contributed by atoms with Crippen LogP contribution in [0, 0.1) is 0 Å². The van der Waals surface area contributed by atoms with Crippen molar-refractivity contribution in [3.05, 3.63) is 59.1 Å². The summed E-state index contributed by atoms with van der Waals surface area (Å²) in [6, 6.07) is 13.4. The average Bonchev–Trinajstić information content (AvgIpc) is 3.07. The van der Waals surface area contributed by atoms with Crippen LogP contribution in [0.25, 0.3) is 16.3 Å². The molecule has 0 spiro atoms. The van der Waals surface area contributed by atoms with Crippen molar-refractivity contribution in [2.75, 3.05) is 14.2 Å². The molecule has 6 heteroatoms. The number of benzene rings is 2. The summed E-state index contributed by atoms with van der Waals surface area (Å²) in [5.74, 6) is 1.20. The molecule has 5 nitrogen and oxygen atoms in total. The first-order valence-corrected chi connectivity index (χ1v) is 8.53. The van der Waals surface area contributed by atoms with Crippen LogP contribution in [0.4, 0.5) is 0 Å². The summed E-state index contributed by atoms with van der Waals surface area (Å²) >= 11 is 1.55. The molecule has 0 saturated carbocycles. The zero-order valence-electron chi connectivity index (χ0n) is 14.0. The molecule has 1 heterocycles. The minimum Gasteiger partial charge on any atom is -0.497 e. The second-order valence-corrected chi connectivity index (χ2v) is 6.31. The highest BCUT2D eigenvalue weighted by atomic mass is 32.1. The predicted octanol–water partition coefficient (Wildman–Crippen LogP) is 3.64. The molecule has 1 N–H and O–H groups in total. The van der Waals surface area contributed by atoms with Gasteiger partial charge in [-0.15, -0.1) is 11.3 Å². The molecule has 0 aliphatic heterocycles. The predicted molar refractivity (Wildman–Crippen MR) is 100 cm³/mol. The fraction of sp³-hybridized carbons (Fsp3) is 0.158. The lowest BCUT2D eigenvalue weighted by Gasteiger charge is -2.10. The van der Waals surface area contributed by atoms with Gasteiger partial charge in [0.15, 0.2) is 0 Å². The Morgan fingerprint density at radius 1 is 1.20 bits per heavy atom. The maximum atomic E-state index is 12.0. The number of nitrogens with zero attached hydrogens (tertiary/aromatic N) is 1. The maximum Gasteiger partial charge on any atom is 0.244 e. The van der Waals surface area contributed by atoms with E-state index in [0.717, 1.165) is 20.8 Å². The number of rotatable bonds is 6. The largest absolute Gasteiger partial charge is 0.497 e. The van der Waals surface area contributed by atoms with E-state index in [1.807, 2.05) is 36.4 Å². The van der Waals surface area contributed by atoms with Gasteiger partial charge in [0.05, 0.1) is 24.4 Å². The Balaban J connectivity index is 1.62. The molecule has 0 aliphatic carbocycles. The normalized spacial score (nSPS) is 11.0. The van der Waals surface area contributed by atoms with Crippen molar-refractivity contribution in [1.82, 2.24) is 10.3 Å². The van der Waals surface area contributed by atoms with Gasteiger partial charge in [-0.05, 0) is 30.3 Å². The van der Waals surface area contributed by atoms with Crippen molar-refractivity contribution < 1.29 is 14.3 Å². The highest BCUT2D eigenvalue weighted by Crippen LogP contribution is 2.24. The fourth-order valence-corrected chi connectivity index (χ4v) is 3.22. The van der Waals surface area contributed by atoms with Crippen molar-refractivity contribution in [2.45, 2.75) is 6.54 Å². The third kappa shape index (κ3) is 4.16. The average molecular weight is 354 g/mol. The molecule has 128 valence electrons. The van der Waals surface area contributed by atoms with Gasteiger partial charge in [-0.3, -0.25) is 4.79 Å². The Bertz CT molecular complexity index is 885. The van der Waals surface area contributed by atoms with Gasteiger partial charge in [0.25, 0.3) is 0 Å². The van der Waals surface area contributed by atoms with E-state index in [9.17, 15) is 4.79 Å². The highest BCUT2D eigenvalue weighted by molar-refractivity contribution is 7.19. The van der Waals surface area contributed by atoms with E-state index in [2.05, 4.69) is 10.3 Å². The number of para-hydroxylation sites is 1. The van der Waals surface area contributed by atoms with Crippen LogP contribution in [-0.2, 0) is 11.3 Å². The van der Waals surface area contributed by atoms with Crippen LogP contribution in [0.15, 0.2) is 48.5 Å². The minimum absolute atomic E-state index is 0.183. The molecule has 1 aromatic heterocycles. The van der Waals surface area contributed by atoms with Crippen molar-refractivity contribution in [3.63, 3.8) is 0 Å². The quantitative estimate of drug-likeness (QED) is 0.687. The summed E-state index contributed by atoms with van der Waals surface area (Å²) in [5, 5.41) is 3.65. The van der Waals surface area contributed by atoms with Crippen LogP contribution >= 0.6 is 11.3 Å². The summed E-state index contributed by atoms with van der Waals surface area (Å²) in [4.78, 5) is 16.5. The van der Waals surface area contributed by atoms with Gasteiger partial charge in [-0.1, -0.05) is 12.1 Å². The van der Waals surface area contributed by atoms with Gasteiger partial charge in [-0.2, -0.15) is 0 Å². The third-order valence-corrected chi connectivity index (χ3v) is 4.64. The molecule has 2 aromatic carbocycles. The second kappa shape index (κ2) is 7.81. The van der Waals surface area contributed by atoms with E-state index in [0.29, 0.717) is 18.0 Å². The number of nitrogens with one attached hydrogen (secondary N) is 1. The molecule has 3 aromatic rings. The van der Waals surface area contributed by atoms with Gasteiger partial charge >= 0.3 is 0 Å². The first-order valence-electron chi connectivity index (χ1n) is 7.72. The molecule has 25 heavy (non-hydrogen) atoms. The summed E-state index contributed by atoms with van der Waals surface area (Å²) in [7, 11) is 3.19. The number of fused-ring (bicyclic) bond motifs is 1. The van der Waals surface area contributed by atoms with Crippen LogP contribution in [0.3, 0.4) is 0 Å². The molecular formula is C19H18N2O3S. The number of carbonyl (C=O) groups excluding carboxylic acids is 1. The SMILES string of the molecule is COc1ccc(CNC(=O)/C=C/c2nc3ccccc3s2)c(OC)c1. The third-order valence-electron chi connectivity index (χ3n) is 3.64. The van der Waals surface area contributed by atoms with Crippen LogP contribution in [0.2, 0.25) is 0 Å². The van der Waals surface area contributed by atoms with Crippen LogP contribution in [0.1, 0.15) is 10.6 Å². The topological polar surface area (TPSA) is 60.5 Å². The second-order valence-electron chi connectivity index (χ2n) is 5.25. The molecule has 0 unspecified atom stereocenters. The number of amides is 1. The molecule has 0 aliphatic rings. The van der Waals surface area contributed by atoms with Crippen LogP contribution < -0.4 is 14.8 Å². The summed E-state index contributed by atoms with van der Waals surface area (Å²) in [5.41, 5.74) is 1.82. The Morgan fingerprint density at radius 3 is 2.80 bits per heavy atom. The molecule has 3 rings (SSSR count). The lowest BCUT2D eigenvalue weighted by Crippen LogP contribution is -2.20. The monoisotopic (exact) mass is 354 g/mol. The molecule has 0 saturated heterocycles. The van der Waals surface area contributed by atoms with Gasteiger partial charge in [0, 0.05) is 24.3 Å². The Labute approximate surface area is 149 Å². The first-order chi connectivity index (χ1) is 12.2.